The first-order valence-electron chi connectivity index (χ1n) is 4.87. The summed E-state index contributed by atoms with van der Waals surface area (Å²) in [6.07, 6.45) is 5.74. The minimum Gasteiger partial charge on any atom is -0.327 e. The van der Waals surface area contributed by atoms with Crippen molar-refractivity contribution >= 4 is 0 Å². The molecular formula is C11H21N. The third-order valence-electron chi connectivity index (χ3n) is 3.12. The van der Waals surface area contributed by atoms with Crippen molar-refractivity contribution in [2.24, 2.45) is 23.0 Å². The highest BCUT2D eigenvalue weighted by Gasteiger charge is 2.27. The van der Waals surface area contributed by atoms with Crippen molar-refractivity contribution in [3.8, 4) is 0 Å². The Morgan fingerprint density at radius 3 is 2.50 bits per heavy atom. The molecule has 1 aliphatic carbocycles. The van der Waals surface area contributed by atoms with Crippen molar-refractivity contribution < 1.29 is 0 Å². The van der Waals surface area contributed by atoms with Gasteiger partial charge in [0.05, 0.1) is 0 Å². The molecule has 0 radical (unpaired) electrons. The molecule has 0 aliphatic heterocycles. The molecule has 1 heteroatoms. The van der Waals surface area contributed by atoms with Crippen LogP contribution in [0.3, 0.4) is 0 Å². The lowest BCUT2D eigenvalue weighted by Crippen LogP contribution is -2.33. The summed E-state index contributed by atoms with van der Waals surface area (Å²) >= 11 is 0. The molecule has 2 N–H and O–H groups in total. The summed E-state index contributed by atoms with van der Waals surface area (Å²) in [5.74, 6) is 1.24. The van der Waals surface area contributed by atoms with Gasteiger partial charge in [-0.25, -0.2) is 0 Å². The van der Waals surface area contributed by atoms with Crippen LogP contribution in [0.2, 0.25) is 0 Å². The fraction of sp³-hybridized carbons (Fsp3) is 0.818. The second-order valence-corrected chi connectivity index (χ2v) is 4.93. The first kappa shape index (κ1) is 9.79. The Labute approximate surface area is 76.0 Å². The van der Waals surface area contributed by atoms with Crippen molar-refractivity contribution in [3.63, 3.8) is 0 Å². The van der Waals surface area contributed by atoms with Crippen LogP contribution in [0.1, 0.15) is 34.1 Å². The van der Waals surface area contributed by atoms with Gasteiger partial charge in [-0.05, 0) is 23.7 Å². The lowest BCUT2D eigenvalue weighted by Gasteiger charge is -2.26. The Morgan fingerprint density at radius 2 is 1.92 bits per heavy atom. The quantitative estimate of drug-likeness (QED) is 0.551. The van der Waals surface area contributed by atoms with Gasteiger partial charge in [-0.2, -0.15) is 0 Å². The molecule has 1 nitrogen and oxygen atoms in total. The lowest BCUT2D eigenvalue weighted by atomic mass is 9.83. The molecule has 3 atom stereocenters. The maximum Gasteiger partial charge on any atom is 0.00781 e. The van der Waals surface area contributed by atoms with E-state index < -0.39 is 0 Å². The van der Waals surface area contributed by atoms with Gasteiger partial charge in [0.15, 0.2) is 0 Å². The monoisotopic (exact) mass is 167 g/mol. The Morgan fingerprint density at radius 1 is 1.33 bits per heavy atom. The fourth-order valence-corrected chi connectivity index (χ4v) is 1.84. The van der Waals surface area contributed by atoms with E-state index in [1.807, 2.05) is 0 Å². The normalized spacial score (nSPS) is 40.9. The predicted octanol–water partition coefficient (Wildman–Crippen LogP) is 2.57. The SMILES string of the molecule is CC1C=CC(C)(C)CC(N)C1C. The summed E-state index contributed by atoms with van der Waals surface area (Å²) in [5.41, 5.74) is 6.39. The molecule has 0 fully saturated rings. The number of hydrogen-bond donors (Lipinski definition) is 1. The molecule has 12 heavy (non-hydrogen) atoms. The van der Waals surface area contributed by atoms with Gasteiger partial charge in [-0.15, -0.1) is 0 Å². The van der Waals surface area contributed by atoms with Gasteiger partial charge >= 0.3 is 0 Å². The van der Waals surface area contributed by atoms with Crippen molar-refractivity contribution in [1.82, 2.24) is 0 Å². The smallest absolute Gasteiger partial charge is 0.00781 e. The maximum absolute atomic E-state index is 6.10. The molecule has 0 heterocycles. The van der Waals surface area contributed by atoms with Crippen LogP contribution in [0, 0.1) is 17.3 Å². The second kappa shape index (κ2) is 3.21. The molecule has 0 saturated heterocycles. The highest BCUT2D eigenvalue weighted by Crippen LogP contribution is 2.32. The number of allylic oxidation sites excluding steroid dienone is 2. The molecule has 1 aliphatic rings. The molecule has 0 spiro atoms. The van der Waals surface area contributed by atoms with Crippen LogP contribution in [-0.2, 0) is 0 Å². The van der Waals surface area contributed by atoms with E-state index in [0.717, 1.165) is 6.42 Å². The molecule has 0 aromatic heterocycles. The molecule has 1 rings (SSSR count). The van der Waals surface area contributed by atoms with E-state index in [-0.39, 0.29) is 0 Å². The predicted molar refractivity (Wildman–Crippen MR) is 53.8 cm³/mol. The molecule has 70 valence electrons. The molecule has 0 bridgehead atoms. The Kier molecular flexibility index (Phi) is 2.62. The standard InChI is InChI=1S/C11H21N/c1-8-5-6-11(3,4)7-10(12)9(8)2/h5-6,8-10H,7,12H2,1-4H3. The highest BCUT2D eigenvalue weighted by atomic mass is 14.7. The van der Waals surface area contributed by atoms with Crippen LogP contribution in [0.15, 0.2) is 12.2 Å². The second-order valence-electron chi connectivity index (χ2n) is 4.93. The van der Waals surface area contributed by atoms with E-state index in [9.17, 15) is 0 Å². The van der Waals surface area contributed by atoms with Gasteiger partial charge in [-0.3, -0.25) is 0 Å². The van der Waals surface area contributed by atoms with E-state index in [4.69, 9.17) is 5.73 Å². The summed E-state index contributed by atoms with van der Waals surface area (Å²) in [6.45, 7) is 9.02. The molecule has 0 amide bonds. The van der Waals surface area contributed by atoms with Gasteiger partial charge in [0.1, 0.15) is 0 Å². The largest absolute Gasteiger partial charge is 0.327 e. The minimum absolute atomic E-state index is 0.290. The Bertz CT molecular complexity index is 181. The van der Waals surface area contributed by atoms with Gasteiger partial charge in [0.2, 0.25) is 0 Å². The zero-order chi connectivity index (χ0) is 9.35. The summed E-state index contributed by atoms with van der Waals surface area (Å²) in [4.78, 5) is 0. The van der Waals surface area contributed by atoms with Crippen LogP contribution in [0.5, 0.6) is 0 Å². The highest BCUT2D eigenvalue weighted by molar-refractivity contribution is 5.04. The Balaban J connectivity index is 2.79. The van der Waals surface area contributed by atoms with Crippen LogP contribution in [0.25, 0.3) is 0 Å². The number of nitrogens with two attached hydrogens (primary N) is 1. The lowest BCUT2D eigenvalue weighted by molar-refractivity contribution is 0.309. The summed E-state index contributed by atoms with van der Waals surface area (Å²) in [7, 11) is 0. The zero-order valence-corrected chi connectivity index (χ0v) is 8.67. The van der Waals surface area contributed by atoms with Crippen LogP contribution < -0.4 is 5.73 Å². The third-order valence-corrected chi connectivity index (χ3v) is 3.12. The molecule has 0 aromatic rings. The summed E-state index contributed by atoms with van der Waals surface area (Å²) in [6, 6.07) is 0.352. The van der Waals surface area contributed by atoms with Gasteiger partial charge in [0.25, 0.3) is 0 Å². The van der Waals surface area contributed by atoms with E-state index in [2.05, 4.69) is 39.8 Å². The van der Waals surface area contributed by atoms with Gasteiger partial charge in [-0.1, -0.05) is 39.8 Å². The molecule has 0 saturated carbocycles. The zero-order valence-electron chi connectivity index (χ0n) is 8.67. The minimum atomic E-state index is 0.290. The van der Waals surface area contributed by atoms with E-state index >= 15 is 0 Å². The molecular weight excluding hydrogens is 146 g/mol. The van der Waals surface area contributed by atoms with E-state index in [1.165, 1.54) is 0 Å². The first-order chi connectivity index (χ1) is 5.42. The average molecular weight is 167 g/mol. The molecule has 0 aromatic carbocycles. The average Bonchev–Trinajstić information content (AvgIpc) is 2.03. The topological polar surface area (TPSA) is 26.0 Å². The van der Waals surface area contributed by atoms with Gasteiger partial charge < -0.3 is 5.73 Å². The van der Waals surface area contributed by atoms with Crippen molar-refractivity contribution in [1.29, 1.82) is 0 Å². The third kappa shape index (κ3) is 2.10. The summed E-state index contributed by atoms with van der Waals surface area (Å²) in [5, 5.41) is 0. The van der Waals surface area contributed by atoms with Gasteiger partial charge in [0, 0.05) is 6.04 Å². The Hall–Kier alpha value is -0.300. The van der Waals surface area contributed by atoms with E-state index in [0.29, 0.717) is 23.3 Å². The van der Waals surface area contributed by atoms with E-state index in [1.54, 1.807) is 0 Å². The number of hydrogen-bond acceptors (Lipinski definition) is 1. The van der Waals surface area contributed by atoms with Crippen LogP contribution >= 0.6 is 0 Å². The van der Waals surface area contributed by atoms with Crippen LogP contribution in [0.4, 0.5) is 0 Å². The fourth-order valence-electron chi connectivity index (χ4n) is 1.84. The molecule has 3 unspecified atom stereocenters. The van der Waals surface area contributed by atoms with Crippen molar-refractivity contribution in [2.45, 2.75) is 40.2 Å². The van der Waals surface area contributed by atoms with Crippen LogP contribution in [-0.4, -0.2) is 6.04 Å². The van der Waals surface area contributed by atoms with Crippen molar-refractivity contribution in [2.75, 3.05) is 0 Å². The van der Waals surface area contributed by atoms with Crippen molar-refractivity contribution in [3.05, 3.63) is 12.2 Å². The number of rotatable bonds is 0. The summed E-state index contributed by atoms with van der Waals surface area (Å²) < 4.78 is 0. The maximum atomic E-state index is 6.10. The first-order valence-corrected chi connectivity index (χ1v) is 4.87.